The maximum atomic E-state index is 13.7. The van der Waals surface area contributed by atoms with Gasteiger partial charge in [0, 0.05) is 19.1 Å². The molecule has 0 aromatic heterocycles. The zero-order chi connectivity index (χ0) is 13.3. The second kappa shape index (κ2) is 4.94. The first-order chi connectivity index (χ1) is 8.49. The van der Waals surface area contributed by atoms with Crippen LogP contribution in [0.15, 0.2) is 18.2 Å². The Bertz CT molecular complexity index is 454. The lowest BCUT2D eigenvalue weighted by Gasteiger charge is -2.37. The predicted octanol–water partition coefficient (Wildman–Crippen LogP) is 1.10. The number of carbonyl (C=O) groups excluding carboxylic acids is 1. The molecule has 1 aliphatic rings. The van der Waals surface area contributed by atoms with Gasteiger partial charge in [0.1, 0.15) is 5.82 Å². The molecular weight excluding hydrogens is 233 g/mol. The number of primary amides is 1. The summed E-state index contributed by atoms with van der Waals surface area (Å²) in [6.07, 6.45) is 0.942. The van der Waals surface area contributed by atoms with Crippen molar-refractivity contribution < 1.29 is 9.18 Å². The highest BCUT2D eigenvalue weighted by atomic mass is 19.1. The van der Waals surface area contributed by atoms with Gasteiger partial charge < -0.3 is 16.4 Å². The number of nitrogens with zero attached hydrogens (tertiary/aromatic N) is 1. The SMILES string of the molecule is CC1CC(N)CN(c2cccc(F)c2C(N)=O)C1. The van der Waals surface area contributed by atoms with Crippen LogP contribution in [0, 0.1) is 11.7 Å². The Balaban J connectivity index is 2.38. The van der Waals surface area contributed by atoms with Crippen molar-refractivity contribution in [2.75, 3.05) is 18.0 Å². The van der Waals surface area contributed by atoms with Crippen molar-refractivity contribution in [2.24, 2.45) is 17.4 Å². The summed E-state index contributed by atoms with van der Waals surface area (Å²) in [4.78, 5) is 13.3. The molecule has 0 spiro atoms. The summed E-state index contributed by atoms with van der Waals surface area (Å²) in [5, 5.41) is 0. The van der Waals surface area contributed by atoms with Crippen LogP contribution in [-0.2, 0) is 0 Å². The monoisotopic (exact) mass is 251 g/mol. The predicted molar refractivity (Wildman–Crippen MR) is 68.9 cm³/mol. The van der Waals surface area contributed by atoms with E-state index in [-0.39, 0.29) is 11.6 Å². The van der Waals surface area contributed by atoms with Crippen LogP contribution in [0.3, 0.4) is 0 Å². The van der Waals surface area contributed by atoms with E-state index in [1.165, 1.54) is 6.07 Å². The lowest BCUT2D eigenvalue weighted by molar-refractivity contribution is 0.0997. The Morgan fingerprint density at radius 1 is 1.44 bits per heavy atom. The fraction of sp³-hybridized carbons (Fsp3) is 0.462. The molecule has 0 bridgehead atoms. The van der Waals surface area contributed by atoms with Crippen molar-refractivity contribution >= 4 is 11.6 Å². The lowest BCUT2D eigenvalue weighted by Crippen LogP contribution is -2.47. The highest BCUT2D eigenvalue weighted by Crippen LogP contribution is 2.27. The van der Waals surface area contributed by atoms with Crippen molar-refractivity contribution in [3.05, 3.63) is 29.6 Å². The molecule has 1 fully saturated rings. The van der Waals surface area contributed by atoms with Crippen molar-refractivity contribution in [3.8, 4) is 0 Å². The maximum Gasteiger partial charge on any atom is 0.253 e. The first-order valence-electron chi connectivity index (χ1n) is 6.08. The summed E-state index contributed by atoms with van der Waals surface area (Å²) < 4.78 is 13.7. The highest BCUT2D eigenvalue weighted by molar-refractivity contribution is 5.99. The maximum absolute atomic E-state index is 13.7. The molecule has 4 N–H and O–H groups in total. The normalized spacial score (nSPS) is 24.1. The Labute approximate surface area is 106 Å². The number of nitrogens with two attached hydrogens (primary N) is 2. The molecule has 2 atom stereocenters. The third kappa shape index (κ3) is 2.46. The van der Waals surface area contributed by atoms with Crippen molar-refractivity contribution in [2.45, 2.75) is 19.4 Å². The fourth-order valence-corrected chi connectivity index (χ4v) is 2.62. The molecule has 0 aliphatic carbocycles. The molecule has 4 nitrogen and oxygen atoms in total. The summed E-state index contributed by atoms with van der Waals surface area (Å²) in [5.74, 6) is -0.903. The lowest BCUT2D eigenvalue weighted by atomic mass is 9.95. The number of hydrogen-bond donors (Lipinski definition) is 2. The molecule has 1 heterocycles. The van der Waals surface area contributed by atoms with Gasteiger partial charge in [0.2, 0.25) is 0 Å². The van der Waals surface area contributed by atoms with Gasteiger partial charge in [-0.05, 0) is 24.5 Å². The number of carbonyl (C=O) groups is 1. The zero-order valence-electron chi connectivity index (χ0n) is 10.4. The quantitative estimate of drug-likeness (QED) is 0.826. The van der Waals surface area contributed by atoms with E-state index in [2.05, 4.69) is 6.92 Å². The van der Waals surface area contributed by atoms with Crippen LogP contribution in [0.25, 0.3) is 0 Å². The standard InChI is InChI=1S/C13H18FN3O/c1-8-5-9(15)7-17(6-8)11-4-2-3-10(14)12(11)13(16)18/h2-4,8-9H,5-7,15H2,1H3,(H2,16,18). The van der Waals surface area contributed by atoms with Crippen molar-refractivity contribution in [3.63, 3.8) is 0 Å². The molecular formula is C13H18FN3O. The fourth-order valence-electron chi connectivity index (χ4n) is 2.62. The molecule has 5 heteroatoms. The van der Waals surface area contributed by atoms with E-state index < -0.39 is 11.7 Å². The second-order valence-electron chi connectivity index (χ2n) is 5.00. The first kappa shape index (κ1) is 12.8. The smallest absolute Gasteiger partial charge is 0.253 e. The molecule has 1 saturated heterocycles. The molecule has 1 amide bonds. The molecule has 2 unspecified atom stereocenters. The Kier molecular flexibility index (Phi) is 3.52. The van der Waals surface area contributed by atoms with Gasteiger partial charge in [-0.15, -0.1) is 0 Å². The average molecular weight is 251 g/mol. The Morgan fingerprint density at radius 2 is 2.17 bits per heavy atom. The summed E-state index contributed by atoms with van der Waals surface area (Å²) in [6.45, 7) is 3.47. The minimum absolute atomic E-state index is 0.0396. The Hall–Kier alpha value is -1.62. The number of piperidine rings is 1. The highest BCUT2D eigenvalue weighted by Gasteiger charge is 2.26. The largest absolute Gasteiger partial charge is 0.369 e. The van der Waals surface area contributed by atoms with E-state index >= 15 is 0 Å². The minimum Gasteiger partial charge on any atom is -0.369 e. The minimum atomic E-state index is -0.741. The molecule has 0 radical (unpaired) electrons. The van der Waals surface area contributed by atoms with Crippen LogP contribution in [0.2, 0.25) is 0 Å². The van der Waals surface area contributed by atoms with Crippen LogP contribution in [0.5, 0.6) is 0 Å². The third-order valence-corrected chi connectivity index (χ3v) is 3.27. The van der Waals surface area contributed by atoms with E-state index in [1.807, 2.05) is 4.90 Å². The van der Waals surface area contributed by atoms with Gasteiger partial charge >= 0.3 is 0 Å². The summed E-state index contributed by atoms with van der Waals surface area (Å²) in [7, 11) is 0. The van der Waals surface area contributed by atoms with Gasteiger partial charge in [-0.25, -0.2) is 4.39 Å². The summed E-state index contributed by atoms with van der Waals surface area (Å²) >= 11 is 0. The average Bonchev–Trinajstić information content (AvgIpc) is 2.26. The van der Waals surface area contributed by atoms with E-state index in [0.29, 0.717) is 18.2 Å². The van der Waals surface area contributed by atoms with E-state index in [4.69, 9.17) is 11.5 Å². The van der Waals surface area contributed by atoms with E-state index in [9.17, 15) is 9.18 Å². The van der Waals surface area contributed by atoms with Crippen molar-refractivity contribution in [1.29, 1.82) is 0 Å². The number of anilines is 1. The van der Waals surface area contributed by atoms with Gasteiger partial charge in [-0.1, -0.05) is 13.0 Å². The molecule has 1 aliphatic heterocycles. The number of amides is 1. The number of hydrogen-bond acceptors (Lipinski definition) is 3. The molecule has 1 aromatic carbocycles. The number of halogens is 1. The van der Waals surface area contributed by atoms with Gasteiger partial charge in [-0.3, -0.25) is 4.79 Å². The van der Waals surface area contributed by atoms with Crippen LogP contribution in [0.1, 0.15) is 23.7 Å². The first-order valence-corrected chi connectivity index (χ1v) is 6.08. The van der Waals surface area contributed by atoms with E-state index in [1.54, 1.807) is 12.1 Å². The number of rotatable bonds is 2. The van der Waals surface area contributed by atoms with Crippen LogP contribution in [-0.4, -0.2) is 25.0 Å². The van der Waals surface area contributed by atoms with Crippen LogP contribution < -0.4 is 16.4 Å². The van der Waals surface area contributed by atoms with Gasteiger partial charge in [-0.2, -0.15) is 0 Å². The van der Waals surface area contributed by atoms with Crippen molar-refractivity contribution in [1.82, 2.24) is 0 Å². The molecule has 1 aromatic rings. The molecule has 98 valence electrons. The van der Waals surface area contributed by atoms with Gasteiger partial charge in [0.05, 0.1) is 11.3 Å². The molecule has 18 heavy (non-hydrogen) atoms. The van der Waals surface area contributed by atoms with E-state index in [0.717, 1.165) is 13.0 Å². The zero-order valence-corrected chi connectivity index (χ0v) is 10.4. The second-order valence-corrected chi connectivity index (χ2v) is 5.00. The third-order valence-electron chi connectivity index (χ3n) is 3.27. The Morgan fingerprint density at radius 3 is 2.78 bits per heavy atom. The van der Waals surface area contributed by atoms with Gasteiger partial charge in [0.25, 0.3) is 5.91 Å². The van der Waals surface area contributed by atoms with Crippen LogP contribution in [0.4, 0.5) is 10.1 Å². The molecule has 0 saturated carbocycles. The van der Waals surface area contributed by atoms with Crippen LogP contribution >= 0.6 is 0 Å². The molecule has 2 rings (SSSR count). The summed E-state index contributed by atoms with van der Waals surface area (Å²) in [5.41, 5.74) is 11.7. The summed E-state index contributed by atoms with van der Waals surface area (Å²) in [6, 6.07) is 4.59. The number of benzene rings is 1. The van der Waals surface area contributed by atoms with Gasteiger partial charge in [0.15, 0.2) is 0 Å². The topological polar surface area (TPSA) is 72.3 Å².